The molecular formula is C26H27N5O2. The van der Waals surface area contributed by atoms with E-state index in [-0.39, 0.29) is 0 Å². The summed E-state index contributed by atoms with van der Waals surface area (Å²) in [5.74, 6) is 0. The molecule has 33 heavy (non-hydrogen) atoms. The van der Waals surface area contributed by atoms with E-state index in [9.17, 15) is 10.2 Å². The molecule has 7 heteroatoms. The molecule has 0 spiro atoms. The van der Waals surface area contributed by atoms with Gasteiger partial charge in [0.05, 0.1) is 5.52 Å². The largest absolute Gasteiger partial charge is 0.384 e. The summed E-state index contributed by atoms with van der Waals surface area (Å²) in [7, 11) is 0. The predicted molar refractivity (Wildman–Crippen MR) is 129 cm³/mol. The Labute approximate surface area is 191 Å². The topological polar surface area (TPSA) is 99.0 Å². The minimum absolute atomic E-state index is 0.719. The van der Waals surface area contributed by atoms with Crippen LogP contribution in [0.2, 0.25) is 0 Å². The monoisotopic (exact) mass is 441 g/mol. The number of aliphatic hydroxyl groups excluding tert-OH is 2. The van der Waals surface area contributed by atoms with Crippen LogP contribution in [0, 0.1) is 0 Å². The zero-order valence-electron chi connectivity index (χ0n) is 18.4. The number of aliphatic hydroxyl groups is 2. The molecule has 0 aliphatic rings. The van der Waals surface area contributed by atoms with Crippen LogP contribution in [-0.2, 0) is 0 Å². The molecular weight excluding hydrogens is 414 g/mol. The summed E-state index contributed by atoms with van der Waals surface area (Å²) in [4.78, 5) is 11.9. The number of aromatic amines is 1. The molecule has 0 saturated carbocycles. The van der Waals surface area contributed by atoms with Gasteiger partial charge in [-0.25, -0.2) is 4.98 Å². The molecule has 168 valence electrons. The molecule has 0 amide bonds. The molecule has 0 aliphatic carbocycles. The van der Waals surface area contributed by atoms with Crippen molar-refractivity contribution < 1.29 is 10.2 Å². The van der Waals surface area contributed by atoms with E-state index in [0.717, 1.165) is 63.6 Å². The van der Waals surface area contributed by atoms with E-state index in [1.807, 2.05) is 54.9 Å². The second kappa shape index (κ2) is 9.15. The summed E-state index contributed by atoms with van der Waals surface area (Å²) >= 11 is 0. The number of rotatable bonds is 8. The maximum atomic E-state index is 11.4. The Bertz CT molecular complexity index is 1380. The molecule has 4 N–H and O–H groups in total. The summed E-state index contributed by atoms with van der Waals surface area (Å²) < 4.78 is 1.79. The van der Waals surface area contributed by atoms with E-state index in [2.05, 4.69) is 27.2 Å². The molecule has 1 aromatic carbocycles. The first-order valence-corrected chi connectivity index (χ1v) is 11.2. The molecule has 4 heterocycles. The van der Waals surface area contributed by atoms with Crippen molar-refractivity contribution in [3.05, 3.63) is 84.6 Å². The number of H-pyrrole nitrogens is 1. The third-order valence-electron chi connectivity index (χ3n) is 6.06. The fraction of sp³-hybridized carbons (Fsp3) is 0.231. The number of nitrogens with one attached hydrogen (secondary N) is 2. The lowest BCUT2D eigenvalue weighted by molar-refractivity contribution is 0.0721. The first-order valence-electron chi connectivity index (χ1n) is 11.2. The molecule has 0 bridgehead atoms. The Hall–Kier alpha value is -3.52. The number of unbranched alkanes of at least 4 members (excludes halogenated alkanes) is 1. The SMILES string of the molecule is CCCCNC(O)n1ccc2c(C(O)c3c[nH]c4ncc(-c5cccnc5)cc34)cccc21. The molecule has 5 aromatic rings. The minimum atomic E-state index is -0.852. The average Bonchev–Trinajstić information content (AvgIpc) is 3.48. The molecule has 4 aromatic heterocycles. The van der Waals surface area contributed by atoms with Crippen LogP contribution in [0.15, 0.2) is 73.4 Å². The van der Waals surface area contributed by atoms with Gasteiger partial charge < -0.3 is 19.8 Å². The van der Waals surface area contributed by atoms with Gasteiger partial charge in [-0.1, -0.05) is 31.5 Å². The third kappa shape index (κ3) is 4.02. The van der Waals surface area contributed by atoms with Gasteiger partial charge in [-0.15, -0.1) is 0 Å². The standard InChI is InChI=1S/C26H27N5O2/c1-2-3-11-28-26(33)31-12-9-19-20(7-4-8-23(19)31)24(32)22-16-30-25-21(22)13-18(15-29-25)17-6-5-10-27-14-17/h4-10,12-16,24,26,28,32-33H,2-3,11H2,1H3,(H,29,30). The summed E-state index contributed by atoms with van der Waals surface area (Å²) in [5.41, 5.74) is 5.02. The van der Waals surface area contributed by atoms with Crippen molar-refractivity contribution in [1.29, 1.82) is 0 Å². The maximum absolute atomic E-state index is 11.4. The van der Waals surface area contributed by atoms with E-state index in [1.165, 1.54) is 0 Å². The van der Waals surface area contributed by atoms with Gasteiger partial charge in [0.1, 0.15) is 11.8 Å². The van der Waals surface area contributed by atoms with Gasteiger partial charge in [-0.2, -0.15) is 0 Å². The highest BCUT2D eigenvalue weighted by molar-refractivity contribution is 5.88. The van der Waals surface area contributed by atoms with Crippen molar-refractivity contribution >= 4 is 21.9 Å². The number of fused-ring (bicyclic) bond motifs is 2. The molecule has 7 nitrogen and oxygen atoms in total. The van der Waals surface area contributed by atoms with Gasteiger partial charge in [0.15, 0.2) is 6.35 Å². The molecule has 5 rings (SSSR count). The molecule has 0 aliphatic heterocycles. The lowest BCUT2D eigenvalue weighted by Gasteiger charge is -2.17. The second-order valence-electron chi connectivity index (χ2n) is 8.19. The Morgan fingerprint density at radius 1 is 1.03 bits per heavy atom. The third-order valence-corrected chi connectivity index (χ3v) is 6.06. The number of aromatic nitrogens is 4. The zero-order valence-corrected chi connectivity index (χ0v) is 18.4. The van der Waals surface area contributed by atoms with Crippen LogP contribution in [0.1, 0.15) is 43.3 Å². The van der Waals surface area contributed by atoms with Gasteiger partial charge in [-0.3, -0.25) is 10.3 Å². The van der Waals surface area contributed by atoms with Crippen molar-refractivity contribution in [3.63, 3.8) is 0 Å². The molecule has 0 saturated heterocycles. The first-order chi connectivity index (χ1) is 16.2. The number of hydrogen-bond donors (Lipinski definition) is 4. The zero-order chi connectivity index (χ0) is 22.8. The average molecular weight is 442 g/mol. The highest BCUT2D eigenvalue weighted by atomic mass is 16.3. The Morgan fingerprint density at radius 3 is 2.76 bits per heavy atom. The van der Waals surface area contributed by atoms with E-state index in [1.54, 1.807) is 23.2 Å². The first kappa shape index (κ1) is 21.3. The van der Waals surface area contributed by atoms with Gasteiger partial charge in [0.2, 0.25) is 0 Å². The van der Waals surface area contributed by atoms with Crippen molar-refractivity contribution in [3.8, 4) is 11.1 Å². The van der Waals surface area contributed by atoms with Gasteiger partial charge >= 0.3 is 0 Å². The van der Waals surface area contributed by atoms with Gasteiger partial charge in [0, 0.05) is 58.4 Å². The van der Waals surface area contributed by atoms with E-state index in [0.29, 0.717) is 0 Å². The Kier molecular flexibility index (Phi) is 5.92. The van der Waals surface area contributed by atoms with Crippen molar-refractivity contribution in [2.24, 2.45) is 0 Å². The summed E-state index contributed by atoms with van der Waals surface area (Å²) in [5, 5.41) is 26.9. The second-order valence-corrected chi connectivity index (χ2v) is 8.19. The summed E-state index contributed by atoms with van der Waals surface area (Å²) in [6, 6.07) is 13.6. The molecule has 0 radical (unpaired) electrons. The fourth-order valence-corrected chi connectivity index (χ4v) is 4.28. The van der Waals surface area contributed by atoms with Gasteiger partial charge in [-0.05, 0) is 42.8 Å². The van der Waals surface area contributed by atoms with Crippen molar-refractivity contribution in [2.45, 2.75) is 32.2 Å². The summed E-state index contributed by atoms with van der Waals surface area (Å²) in [6.45, 7) is 2.86. The number of hydrogen-bond acceptors (Lipinski definition) is 5. The van der Waals surface area contributed by atoms with Crippen molar-refractivity contribution in [2.75, 3.05) is 6.54 Å². The fourth-order valence-electron chi connectivity index (χ4n) is 4.28. The molecule has 0 fully saturated rings. The van der Waals surface area contributed by atoms with Crippen LogP contribution in [0.3, 0.4) is 0 Å². The van der Waals surface area contributed by atoms with Crippen LogP contribution in [0.4, 0.5) is 0 Å². The van der Waals surface area contributed by atoms with Crippen molar-refractivity contribution in [1.82, 2.24) is 24.8 Å². The Morgan fingerprint density at radius 2 is 1.94 bits per heavy atom. The highest BCUT2D eigenvalue weighted by Gasteiger charge is 2.20. The lowest BCUT2D eigenvalue weighted by atomic mass is 9.97. The maximum Gasteiger partial charge on any atom is 0.187 e. The van der Waals surface area contributed by atoms with Crippen LogP contribution >= 0.6 is 0 Å². The van der Waals surface area contributed by atoms with E-state index < -0.39 is 12.5 Å². The number of pyridine rings is 2. The predicted octanol–water partition coefficient (Wildman–Crippen LogP) is 4.50. The van der Waals surface area contributed by atoms with Crippen LogP contribution in [0.5, 0.6) is 0 Å². The number of nitrogens with zero attached hydrogens (tertiary/aromatic N) is 3. The Balaban J connectivity index is 1.52. The highest BCUT2D eigenvalue weighted by Crippen LogP contribution is 2.34. The number of benzene rings is 1. The van der Waals surface area contributed by atoms with E-state index >= 15 is 0 Å². The molecule has 2 unspecified atom stereocenters. The smallest absolute Gasteiger partial charge is 0.187 e. The van der Waals surface area contributed by atoms with Gasteiger partial charge in [0.25, 0.3) is 0 Å². The van der Waals surface area contributed by atoms with Crippen LogP contribution in [0.25, 0.3) is 33.1 Å². The molecule has 2 atom stereocenters. The van der Waals surface area contributed by atoms with Crippen LogP contribution in [-0.4, -0.2) is 36.3 Å². The summed E-state index contributed by atoms with van der Waals surface area (Å²) in [6.07, 6.45) is 9.39. The van der Waals surface area contributed by atoms with Crippen LogP contribution < -0.4 is 5.32 Å². The normalized spacial score (nSPS) is 13.5. The minimum Gasteiger partial charge on any atom is -0.384 e. The van der Waals surface area contributed by atoms with E-state index in [4.69, 9.17) is 0 Å². The quantitative estimate of drug-likeness (QED) is 0.210. The lowest BCUT2D eigenvalue weighted by Crippen LogP contribution is -2.26.